The van der Waals surface area contributed by atoms with E-state index < -0.39 is 16.9 Å². The minimum atomic E-state index is -0.942. The van der Waals surface area contributed by atoms with Crippen LogP contribution in [-0.2, 0) is 9.53 Å². The van der Waals surface area contributed by atoms with Gasteiger partial charge in [-0.15, -0.1) is 11.8 Å². The van der Waals surface area contributed by atoms with Crippen LogP contribution in [0, 0.1) is 17.8 Å². The van der Waals surface area contributed by atoms with E-state index in [1.54, 1.807) is 5.41 Å². The first-order valence-corrected chi connectivity index (χ1v) is 11.2. The van der Waals surface area contributed by atoms with E-state index in [1.165, 1.54) is 11.8 Å². The molecule has 0 aromatic heterocycles. The second-order valence-corrected chi connectivity index (χ2v) is 9.67. The molecule has 3 aliphatic rings. The zero-order valence-electron chi connectivity index (χ0n) is 16.8. The van der Waals surface area contributed by atoms with Gasteiger partial charge in [-0.05, 0) is 36.8 Å². The SMILES string of the molecule is CC(C)C1([C@H]2CC[C@@H]3[C@@H](COc4ccccc4)[C@H](O)C[C@@H]3O2)NC(C(=O)O)=CS1. The molecule has 6 nitrogen and oxygen atoms in total. The van der Waals surface area contributed by atoms with Gasteiger partial charge in [-0.3, -0.25) is 0 Å². The Hall–Kier alpha value is -1.70. The molecule has 2 fully saturated rings. The third kappa shape index (κ3) is 3.88. The maximum absolute atomic E-state index is 11.4. The molecule has 158 valence electrons. The summed E-state index contributed by atoms with van der Waals surface area (Å²) in [6.45, 7) is 4.66. The van der Waals surface area contributed by atoms with E-state index in [1.807, 2.05) is 30.3 Å². The van der Waals surface area contributed by atoms with E-state index in [-0.39, 0.29) is 35.7 Å². The van der Waals surface area contributed by atoms with E-state index in [0.717, 1.165) is 18.6 Å². The molecule has 1 aromatic rings. The fraction of sp³-hybridized carbons (Fsp3) is 0.591. The summed E-state index contributed by atoms with van der Waals surface area (Å²) in [4.78, 5) is 10.9. The Morgan fingerprint density at radius 2 is 2.10 bits per heavy atom. The van der Waals surface area contributed by atoms with Crippen molar-refractivity contribution in [3.63, 3.8) is 0 Å². The summed E-state index contributed by atoms with van der Waals surface area (Å²) in [6, 6.07) is 9.68. The topological polar surface area (TPSA) is 88.0 Å². The zero-order valence-corrected chi connectivity index (χ0v) is 17.6. The molecule has 6 atom stereocenters. The summed E-state index contributed by atoms with van der Waals surface area (Å²) in [5.74, 6) is 0.365. The van der Waals surface area contributed by atoms with Crippen LogP contribution in [0.1, 0.15) is 33.1 Å². The highest BCUT2D eigenvalue weighted by Gasteiger charge is 2.54. The molecule has 2 aliphatic heterocycles. The Labute approximate surface area is 175 Å². The molecular formula is C22H29NO5S. The van der Waals surface area contributed by atoms with Crippen LogP contribution in [0.2, 0.25) is 0 Å². The number of aliphatic carboxylic acids is 1. The average Bonchev–Trinajstić information content (AvgIpc) is 3.29. The number of hydrogen-bond acceptors (Lipinski definition) is 6. The summed E-state index contributed by atoms with van der Waals surface area (Å²) >= 11 is 1.52. The molecule has 1 saturated heterocycles. The van der Waals surface area contributed by atoms with Gasteiger partial charge in [0.15, 0.2) is 0 Å². The predicted molar refractivity (Wildman–Crippen MR) is 111 cm³/mol. The number of ether oxygens (including phenoxy) is 2. The van der Waals surface area contributed by atoms with Crippen molar-refractivity contribution in [3.05, 3.63) is 41.4 Å². The Morgan fingerprint density at radius 1 is 1.34 bits per heavy atom. The van der Waals surface area contributed by atoms with Gasteiger partial charge in [-0.25, -0.2) is 4.79 Å². The first kappa shape index (κ1) is 20.6. The largest absolute Gasteiger partial charge is 0.493 e. The number of rotatable bonds is 6. The Morgan fingerprint density at radius 3 is 2.76 bits per heavy atom. The van der Waals surface area contributed by atoms with Crippen molar-refractivity contribution in [2.45, 2.75) is 56.3 Å². The number of aliphatic hydroxyl groups is 1. The molecule has 0 amide bonds. The van der Waals surface area contributed by atoms with Crippen LogP contribution in [-0.4, -0.2) is 46.0 Å². The zero-order chi connectivity index (χ0) is 20.6. The first-order chi connectivity index (χ1) is 13.9. The van der Waals surface area contributed by atoms with Crippen LogP contribution in [0.4, 0.5) is 0 Å². The van der Waals surface area contributed by atoms with E-state index in [0.29, 0.717) is 13.0 Å². The fourth-order valence-corrected chi connectivity index (χ4v) is 6.16. The van der Waals surface area contributed by atoms with E-state index in [9.17, 15) is 15.0 Å². The Kier molecular flexibility index (Phi) is 5.82. The summed E-state index contributed by atoms with van der Waals surface area (Å²) < 4.78 is 12.4. The molecule has 1 saturated carbocycles. The number of carboxylic acids is 1. The molecule has 4 rings (SSSR count). The van der Waals surface area contributed by atoms with Gasteiger partial charge in [0, 0.05) is 17.7 Å². The van der Waals surface area contributed by atoms with Crippen LogP contribution < -0.4 is 10.1 Å². The number of aliphatic hydroxyl groups excluding tert-OH is 1. The number of fused-ring (bicyclic) bond motifs is 1. The second-order valence-electron chi connectivity index (χ2n) is 8.52. The standard InChI is InChI=1S/C22H29NO5S/c1-13(2)22(23-17(12-29-22)21(25)26)20-9-8-15-16(18(24)10-19(15)28-20)11-27-14-6-4-3-5-7-14/h3-7,12-13,15-16,18-20,23-24H,8-11H2,1-2H3,(H,25,26)/t15-,16-,18-,19+,20-,22?/m1/s1. The highest BCUT2D eigenvalue weighted by molar-refractivity contribution is 8.03. The first-order valence-electron chi connectivity index (χ1n) is 10.3. The number of carboxylic acid groups (broad SMARTS) is 1. The quantitative estimate of drug-likeness (QED) is 0.652. The summed E-state index contributed by atoms with van der Waals surface area (Å²) in [5.41, 5.74) is 0.231. The van der Waals surface area contributed by atoms with Crippen molar-refractivity contribution in [1.29, 1.82) is 0 Å². The van der Waals surface area contributed by atoms with E-state index in [2.05, 4.69) is 19.2 Å². The molecule has 1 aromatic carbocycles. The number of carbonyl (C=O) groups is 1. The highest BCUT2D eigenvalue weighted by atomic mass is 32.2. The van der Waals surface area contributed by atoms with Crippen molar-refractivity contribution in [1.82, 2.24) is 5.32 Å². The van der Waals surface area contributed by atoms with Crippen LogP contribution >= 0.6 is 11.8 Å². The fourth-order valence-electron chi connectivity index (χ4n) is 4.93. The molecule has 0 radical (unpaired) electrons. The lowest BCUT2D eigenvalue weighted by Gasteiger charge is -2.46. The van der Waals surface area contributed by atoms with Crippen molar-refractivity contribution < 1.29 is 24.5 Å². The molecule has 29 heavy (non-hydrogen) atoms. The van der Waals surface area contributed by atoms with Crippen LogP contribution in [0.25, 0.3) is 0 Å². The van der Waals surface area contributed by atoms with Gasteiger partial charge < -0.3 is 25.0 Å². The highest BCUT2D eigenvalue weighted by Crippen LogP contribution is 2.49. The Bertz CT molecular complexity index is 770. The lowest BCUT2D eigenvalue weighted by atomic mass is 9.83. The van der Waals surface area contributed by atoms with Crippen LogP contribution in [0.15, 0.2) is 41.4 Å². The van der Waals surface area contributed by atoms with Crippen molar-refractivity contribution >= 4 is 17.7 Å². The summed E-state index contributed by atoms with van der Waals surface area (Å²) in [6.07, 6.45) is 1.78. The number of hydrogen-bond donors (Lipinski definition) is 3. The number of thioether (sulfide) groups is 1. The van der Waals surface area contributed by atoms with Crippen molar-refractivity contribution in [2.24, 2.45) is 17.8 Å². The molecule has 7 heteroatoms. The molecule has 0 bridgehead atoms. The summed E-state index contributed by atoms with van der Waals surface area (Å²) in [7, 11) is 0. The van der Waals surface area contributed by atoms with Crippen LogP contribution in [0.3, 0.4) is 0 Å². The molecule has 2 heterocycles. The van der Waals surface area contributed by atoms with Crippen LogP contribution in [0.5, 0.6) is 5.75 Å². The molecule has 3 N–H and O–H groups in total. The number of nitrogens with one attached hydrogen (secondary N) is 1. The van der Waals surface area contributed by atoms with Gasteiger partial charge >= 0.3 is 5.97 Å². The van der Waals surface area contributed by atoms with Gasteiger partial charge in [0.25, 0.3) is 0 Å². The minimum Gasteiger partial charge on any atom is -0.493 e. The molecule has 0 spiro atoms. The number of benzene rings is 1. The Balaban J connectivity index is 1.42. The van der Waals surface area contributed by atoms with E-state index in [4.69, 9.17) is 9.47 Å². The summed E-state index contributed by atoms with van der Waals surface area (Å²) in [5, 5.41) is 25.0. The predicted octanol–water partition coefficient (Wildman–Crippen LogP) is 3.22. The third-order valence-corrected chi connectivity index (χ3v) is 8.13. The third-order valence-electron chi connectivity index (χ3n) is 6.55. The van der Waals surface area contributed by atoms with Gasteiger partial charge in [0.05, 0.1) is 24.9 Å². The number of para-hydroxylation sites is 1. The maximum Gasteiger partial charge on any atom is 0.352 e. The monoisotopic (exact) mass is 419 g/mol. The smallest absolute Gasteiger partial charge is 0.352 e. The molecular weight excluding hydrogens is 390 g/mol. The lowest BCUT2D eigenvalue weighted by Crippen LogP contribution is -2.57. The average molecular weight is 420 g/mol. The van der Waals surface area contributed by atoms with Crippen molar-refractivity contribution in [2.75, 3.05) is 6.61 Å². The van der Waals surface area contributed by atoms with Gasteiger partial charge in [0.1, 0.15) is 16.3 Å². The van der Waals surface area contributed by atoms with Gasteiger partial charge in [-0.2, -0.15) is 0 Å². The van der Waals surface area contributed by atoms with Crippen molar-refractivity contribution in [3.8, 4) is 5.75 Å². The minimum absolute atomic E-state index is 0.0278. The second kappa shape index (κ2) is 8.20. The normalized spacial score (nSPS) is 36.4. The molecule has 1 aliphatic carbocycles. The molecule has 1 unspecified atom stereocenters. The van der Waals surface area contributed by atoms with E-state index >= 15 is 0 Å². The van der Waals surface area contributed by atoms with Gasteiger partial charge in [0.2, 0.25) is 0 Å². The van der Waals surface area contributed by atoms with Gasteiger partial charge in [-0.1, -0.05) is 32.0 Å². The maximum atomic E-state index is 11.4. The lowest BCUT2D eigenvalue weighted by molar-refractivity contribution is -0.134.